The van der Waals surface area contributed by atoms with Crippen molar-refractivity contribution in [2.45, 2.75) is 46.1 Å². The van der Waals surface area contributed by atoms with Crippen LogP contribution in [0.5, 0.6) is 0 Å². The maximum absolute atomic E-state index is 5.59. The Morgan fingerprint density at radius 2 is 2.11 bits per heavy atom. The molecule has 2 heterocycles. The van der Waals surface area contributed by atoms with Crippen molar-refractivity contribution in [2.24, 2.45) is 17.8 Å². The van der Waals surface area contributed by atoms with Gasteiger partial charge < -0.3 is 15.0 Å². The van der Waals surface area contributed by atoms with Gasteiger partial charge in [0.2, 0.25) is 0 Å². The molecule has 2 aliphatic heterocycles. The molecule has 4 unspecified atom stereocenters. The van der Waals surface area contributed by atoms with Gasteiger partial charge in [0, 0.05) is 31.7 Å². The molecule has 3 heteroatoms. The van der Waals surface area contributed by atoms with Crippen LogP contribution >= 0.6 is 0 Å². The van der Waals surface area contributed by atoms with E-state index in [9.17, 15) is 0 Å². The molecule has 112 valence electrons. The van der Waals surface area contributed by atoms with Gasteiger partial charge in [-0.05, 0) is 44.2 Å². The van der Waals surface area contributed by atoms with E-state index in [1.165, 1.54) is 38.9 Å². The topological polar surface area (TPSA) is 24.5 Å². The summed E-state index contributed by atoms with van der Waals surface area (Å²) in [5, 5.41) is 3.76. The Kier molecular flexibility index (Phi) is 6.11. The summed E-state index contributed by atoms with van der Waals surface area (Å²) in [6.07, 6.45) is 3.82. The molecule has 0 aromatic heterocycles. The first-order valence-electron chi connectivity index (χ1n) is 8.24. The van der Waals surface area contributed by atoms with Crippen molar-refractivity contribution in [2.75, 3.05) is 39.4 Å². The van der Waals surface area contributed by atoms with Crippen molar-refractivity contribution >= 4 is 0 Å². The lowest BCUT2D eigenvalue weighted by molar-refractivity contribution is 0.110. The summed E-state index contributed by atoms with van der Waals surface area (Å²) in [5.41, 5.74) is 0. The molecule has 19 heavy (non-hydrogen) atoms. The predicted octanol–water partition coefficient (Wildman–Crippen LogP) is 2.37. The second kappa shape index (κ2) is 7.61. The smallest absolute Gasteiger partial charge is 0.0510 e. The third-order valence-corrected chi connectivity index (χ3v) is 5.06. The summed E-state index contributed by atoms with van der Waals surface area (Å²) in [5.74, 6) is 2.47. The van der Waals surface area contributed by atoms with E-state index in [2.05, 4.69) is 31.0 Å². The molecule has 1 N–H and O–H groups in total. The van der Waals surface area contributed by atoms with E-state index >= 15 is 0 Å². The third-order valence-electron chi connectivity index (χ3n) is 5.06. The van der Waals surface area contributed by atoms with Crippen molar-refractivity contribution in [3.05, 3.63) is 0 Å². The first-order valence-corrected chi connectivity index (χ1v) is 8.24. The molecule has 2 rings (SSSR count). The number of piperidine rings is 1. The van der Waals surface area contributed by atoms with Gasteiger partial charge in [0.25, 0.3) is 0 Å². The molecule has 4 atom stereocenters. The molecule has 0 bridgehead atoms. The standard InChI is InChI=1S/C16H32N2O/c1-4-7-17-16(15-6-9-19-12-15)11-18-8-5-13(2)14(3)10-18/h13-17H,4-12H2,1-3H3. The fourth-order valence-electron chi connectivity index (χ4n) is 3.37. The highest BCUT2D eigenvalue weighted by atomic mass is 16.5. The Hall–Kier alpha value is -0.120. The molecule has 3 nitrogen and oxygen atoms in total. The quantitative estimate of drug-likeness (QED) is 0.800. The highest BCUT2D eigenvalue weighted by molar-refractivity contribution is 4.85. The summed E-state index contributed by atoms with van der Waals surface area (Å²) in [7, 11) is 0. The summed E-state index contributed by atoms with van der Waals surface area (Å²) in [4.78, 5) is 2.68. The average molecular weight is 268 g/mol. The maximum atomic E-state index is 5.59. The zero-order valence-electron chi connectivity index (χ0n) is 13.0. The molecule has 0 amide bonds. The number of nitrogens with zero attached hydrogens (tertiary/aromatic N) is 1. The fraction of sp³-hybridized carbons (Fsp3) is 1.00. The fourth-order valence-corrected chi connectivity index (χ4v) is 3.37. The number of rotatable bonds is 6. The molecule has 0 aromatic rings. The Labute approximate surface area is 119 Å². The van der Waals surface area contributed by atoms with Crippen LogP contribution in [0, 0.1) is 17.8 Å². The van der Waals surface area contributed by atoms with Gasteiger partial charge >= 0.3 is 0 Å². The third kappa shape index (κ3) is 4.44. The molecule has 0 aliphatic carbocycles. The van der Waals surface area contributed by atoms with Crippen LogP contribution in [0.4, 0.5) is 0 Å². The lowest BCUT2D eigenvalue weighted by Gasteiger charge is -2.38. The number of nitrogens with one attached hydrogen (secondary N) is 1. The molecular weight excluding hydrogens is 236 g/mol. The van der Waals surface area contributed by atoms with Crippen LogP contribution in [-0.4, -0.2) is 50.3 Å². The van der Waals surface area contributed by atoms with Crippen LogP contribution in [-0.2, 0) is 4.74 Å². The van der Waals surface area contributed by atoms with Crippen LogP contribution in [0.1, 0.15) is 40.0 Å². The summed E-state index contributed by atoms with van der Waals surface area (Å²) in [6.45, 7) is 13.9. The number of likely N-dealkylation sites (tertiary alicyclic amines) is 1. The Balaban J connectivity index is 1.84. The van der Waals surface area contributed by atoms with Crippen LogP contribution in [0.15, 0.2) is 0 Å². The zero-order chi connectivity index (χ0) is 13.7. The van der Waals surface area contributed by atoms with Crippen LogP contribution in [0.25, 0.3) is 0 Å². The Morgan fingerprint density at radius 3 is 2.74 bits per heavy atom. The van der Waals surface area contributed by atoms with Crippen LogP contribution in [0.2, 0.25) is 0 Å². The molecule has 2 saturated heterocycles. The minimum atomic E-state index is 0.628. The van der Waals surface area contributed by atoms with Crippen molar-refractivity contribution in [3.63, 3.8) is 0 Å². The van der Waals surface area contributed by atoms with Crippen LogP contribution < -0.4 is 5.32 Å². The molecule has 2 fully saturated rings. The average Bonchev–Trinajstić information content (AvgIpc) is 2.92. The molecule has 0 radical (unpaired) electrons. The normalized spacial score (nSPS) is 34.6. The van der Waals surface area contributed by atoms with Gasteiger partial charge in [0.1, 0.15) is 0 Å². The van der Waals surface area contributed by atoms with Gasteiger partial charge in [-0.25, -0.2) is 0 Å². The van der Waals surface area contributed by atoms with E-state index in [4.69, 9.17) is 4.74 Å². The van der Waals surface area contributed by atoms with Gasteiger partial charge in [-0.2, -0.15) is 0 Å². The lowest BCUT2D eigenvalue weighted by Crippen LogP contribution is -2.49. The molecule has 0 saturated carbocycles. The second-order valence-electron chi connectivity index (χ2n) is 6.69. The van der Waals surface area contributed by atoms with E-state index in [-0.39, 0.29) is 0 Å². The van der Waals surface area contributed by atoms with Crippen molar-refractivity contribution in [1.29, 1.82) is 0 Å². The minimum Gasteiger partial charge on any atom is -0.381 e. The SMILES string of the molecule is CCCNC(CN1CCC(C)C(C)C1)C1CCOC1. The lowest BCUT2D eigenvalue weighted by atomic mass is 9.88. The Morgan fingerprint density at radius 1 is 1.26 bits per heavy atom. The second-order valence-corrected chi connectivity index (χ2v) is 6.69. The molecule has 0 spiro atoms. The van der Waals surface area contributed by atoms with E-state index < -0.39 is 0 Å². The van der Waals surface area contributed by atoms with E-state index in [1.807, 2.05) is 0 Å². The number of hydrogen-bond acceptors (Lipinski definition) is 3. The molecule has 0 aromatic carbocycles. The molecular formula is C16H32N2O. The van der Waals surface area contributed by atoms with Crippen molar-refractivity contribution in [3.8, 4) is 0 Å². The monoisotopic (exact) mass is 268 g/mol. The largest absolute Gasteiger partial charge is 0.381 e. The van der Waals surface area contributed by atoms with Gasteiger partial charge in [0.15, 0.2) is 0 Å². The van der Waals surface area contributed by atoms with Gasteiger partial charge in [-0.15, -0.1) is 0 Å². The summed E-state index contributed by atoms with van der Waals surface area (Å²) < 4.78 is 5.59. The summed E-state index contributed by atoms with van der Waals surface area (Å²) in [6, 6.07) is 0.628. The minimum absolute atomic E-state index is 0.628. The first kappa shape index (κ1) is 15.3. The predicted molar refractivity (Wildman–Crippen MR) is 80.4 cm³/mol. The maximum Gasteiger partial charge on any atom is 0.0510 e. The van der Waals surface area contributed by atoms with Crippen molar-refractivity contribution < 1.29 is 4.74 Å². The van der Waals surface area contributed by atoms with Crippen LogP contribution in [0.3, 0.4) is 0 Å². The highest BCUT2D eigenvalue weighted by Crippen LogP contribution is 2.24. The van der Waals surface area contributed by atoms with Gasteiger partial charge in [0.05, 0.1) is 6.61 Å². The van der Waals surface area contributed by atoms with Gasteiger partial charge in [-0.3, -0.25) is 0 Å². The van der Waals surface area contributed by atoms with E-state index in [1.54, 1.807) is 0 Å². The number of hydrogen-bond donors (Lipinski definition) is 1. The van der Waals surface area contributed by atoms with Gasteiger partial charge in [-0.1, -0.05) is 20.8 Å². The zero-order valence-corrected chi connectivity index (χ0v) is 13.0. The van der Waals surface area contributed by atoms with E-state index in [0.29, 0.717) is 6.04 Å². The van der Waals surface area contributed by atoms with Crippen molar-refractivity contribution in [1.82, 2.24) is 10.2 Å². The highest BCUT2D eigenvalue weighted by Gasteiger charge is 2.29. The molecule has 2 aliphatic rings. The van der Waals surface area contributed by atoms with E-state index in [0.717, 1.165) is 37.5 Å². The first-order chi connectivity index (χ1) is 9.20. The number of ether oxygens (including phenoxy) is 1. The summed E-state index contributed by atoms with van der Waals surface area (Å²) >= 11 is 0. The Bertz CT molecular complexity index is 253.